The number of nitrogens with zero attached hydrogens (tertiary/aromatic N) is 2. The number of hydrogen-bond donors (Lipinski definition) is 1. The average molecular weight is 368 g/mol. The van der Waals surface area contributed by atoms with Crippen LogP contribution in [0.1, 0.15) is 59.7 Å². The van der Waals surface area contributed by atoms with Crippen molar-refractivity contribution >= 4 is 22.8 Å². The zero-order valence-electron chi connectivity index (χ0n) is 16.8. The molecule has 4 heteroatoms. The van der Waals surface area contributed by atoms with E-state index in [0.29, 0.717) is 0 Å². The molecule has 0 aliphatic heterocycles. The Balaban J connectivity index is 2.00. The molecule has 3 aromatic rings. The highest BCUT2D eigenvalue weighted by molar-refractivity contribution is 7.99. The highest BCUT2D eigenvalue weighted by atomic mass is 32.2. The van der Waals surface area contributed by atoms with Gasteiger partial charge in [-0.2, -0.15) is 5.10 Å². The summed E-state index contributed by atoms with van der Waals surface area (Å²) in [6, 6.07) is 4.55. The number of fused-ring (bicyclic) bond motifs is 1. The van der Waals surface area contributed by atoms with Crippen LogP contribution < -0.4 is 0 Å². The van der Waals surface area contributed by atoms with Gasteiger partial charge in [0.25, 0.3) is 0 Å². The predicted octanol–water partition coefficient (Wildman–Crippen LogP) is 6.38. The number of aromatic nitrogens is 3. The van der Waals surface area contributed by atoms with Gasteiger partial charge >= 0.3 is 0 Å². The molecule has 0 saturated carbocycles. The zero-order valence-corrected chi connectivity index (χ0v) is 17.6. The van der Waals surface area contributed by atoms with E-state index in [1.165, 1.54) is 52.0 Å². The van der Waals surface area contributed by atoms with Crippen molar-refractivity contribution in [2.24, 2.45) is 0 Å². The van der Waals surface area contributed by atoms with Gasteiger partial charge in [-0.05, 0) is 75.3 Å². The summed E-state index contributed by atoms with van der Waals surface area (Å²) in [7, 11) is 0. The molecule has 0 atom stereocenters. The lowest BCUT2D eigenvalue weighted by Gasteiger charge is -2.14. The second-order valence-corrected chi connectivity index (χ2v) is 8.25. The monoisotopic (exact) mass is 367 g/mol. The molecule has 0 unspecified atom stereocenters. The molecule has 0 aliphatic carbocycles. The van der Waals surface area contributed by atoms with Gasteiger partial charge < -0.3 is 0 Å². The van der Waals surface area contributed by atoms with Crippen LogP contribution in [-0.2, 0) is 6.42 Å². The van der Waals surface area contributed by atoms with Crippen LogP contribution in [0.2, 0.25) is 0 Å². The number of benzene rings is 1. The smallest absolute Gasteiger partial charge is 0.156 e. The molecule has 26 heavy (non-hydrogen) atoms. The summed E-state index contributed by atoms with van der Waals surface area (Å²) in [6.45, 7) is 13.1. The van der Waals surface area contributed by atoms with E-state index in [0.717, 1.165) is 28.2 Å². The second-order valence-electron chi connectivity index (χ2n) is 7.25. The minimum Gasteiger partial charge on any atom is -0.260 e. The molecular formula is C22H29N3S. The Kier molecular flexibility index (Phi) is 5.71. The number of unbranched alkanes of at least 4 members (excludes halogenated alkanes) is 2. The third-order valence-corrected chi connectivity index (χ3v) is 6.76. The largest absolute Gasteiger partial charge is 0.260 e. The van der Waals surface area contributed by atoms with Crippen LogP contribution in [0.15, 0.2) is 22.1 Å². The number of H-pyrrole nitrogens is 1. The quantitative estimate of drug-likeness (QED) is 0.514. The third kappa shape index (κ3) is 3.52. The van der Waals surface area contributed by atoms with Crippen LogP contribution in [0.25, 0.3) is 11.0 Å². The number of aryl methyl sites for hydroxylation is 4. The minimum absolute atomic E-state index is 0.891. The molecule has 0 spiro atoms. The van der Waals surface area contributed by atoms with Crippen LogP contribution in [0, 0.1) is 34.6 Å². The van der Waals surface area contributed by atoms with Crippen molar-refractivity contribution in [1.82, 2.24) is 15.2 Å². The summed E-state index contributed by atoms with van der Waals surface area (Å²) in [5.41, 5.74) is 8.67. The van der Waals surface area contributed by atoms with Crippen molar-refractivity contribution in [3.05, 3.63) is 45.6 Å². The van der Waals surface area contributed by atoms with Crippen molar-refractivity contribution in [2.45, 2.75) is 77.1 Å². The number of pyridine rings is 1. The van der Waals surface area contributed by atoms with Gasteiger partial charge in [0.1, 0.15) is 5.03 Å². The van der Waals surface area contributed by atoms with E-state index in [-0.39, 0.29) is 0 Å². The fraction of sp³-hybridized carbons (Fsp3) is 0.455. The third-order valence-electron chi connectivity index (χ3n) is 5.44. The molecule has 2 heterocycles. The molecular weight excluding hydrogens is 338 g/mol. The van der Waals surface area contributed by atoms with Gasteiger partial charge in [0.05, 0.1) is 5.39 Å². The zero-order chi connectivity index (χ0) is 18.8. The average Bonchev–Trinajstić information content (AvgIpc) is 3.01. The Morgan fingerprint density at radius 1 is 0.962 bits per heavy atom. The Bertz CT molecular complexity index is 940. The molecule has 3 nitrogen and oxygen atoms in total. The minimum atomic E-state index is 0.891. The van der Waals surface area contributed by atoms with Crippen LogP contribution in [-0.4, -0.2) is 15.2 Å². The first kappa shape index (κ1) is 19.0. The lowest BCUT2D eigenvalue weighted by Crippen LogP contribution is -1.95. The van der Waals surface area contributed by atoms with Crippen LogP contribution in [0.3, 0.4) is 0 Å². The number of nitrogens with one attached hydrogen (secondary N) is 1. The van der Waals surface area contributed by atoms with Crippen LogP contribution in [0.5, 0.6) is 0 Å². The van der Waals surface area contributed by atoms with E-state index < -0.39 is 0 Å². The van der Waals surface area contributed by atoms with Gasteiger partial charge in [0.15, 0.2) is 5.65 Å². The number of rotatable bonds is 6. The van der Waals surface area contributed by atoms with Gasteiger partial charge in [-0.1, -0.05) is 43.7 Å². The summed E-state index contributed by atoms with van der Waals surface area (Å²) >= 11 is 1.78. The maximum Gasteiger partial charge on any atom is 0.156 e. The summed E-state index contributed by atoms with van der Waals surface area (Å²) in [5.74, 6) is 0. The van der Waals surface area contributed by atoms with Gasteiger partial charge in [-0.25, -0.2) is 4.98 Å². The summed E-state index contributed by atoms with van der Waals surface area (Å²) in [4.78, 5) is 6.02. The Labute approximate surface area is 161 Å². The highest BCUT2D eigenvalue weighted by Crippen LogP contribution is 2.38. The lowest BCUT2D eigenvalue weighted by molar-refractivity contribution is 0.714. The van der Waals surface area contributed by atoms with Gasteiger partial charge in [-0.3, -0.25) is 5.10 Å². The fourth-order valence-corrected chi connectivity index (χ4v) is 4.63. The van der Waals surface area contributed by atoms with Crippen molar-refractivity contribution in [2.75, 3.05) is 0 Å². The van der Waals surface area contributed by atoms with Crippen LogP contribution in [0.4, 0.5) is 0 Å². The molecule has 0 saturated heterocycles. The van der Waals surface area contributed by atoms with Crippen molar-refractivity contribution in [1.29, 1.82) is 0 Å². The van der Waals surface area contributed by atoms with E-state index in [9.17, 15) is 0 Å². The first-order valence-electron chi connectivity index (χ1n) is 9.52. The van der Waals surface area contributed by atoms with Crippen molar-refractivity contribution in [3.63, 3.8) is 0 Å². The van der Waals surface area contributed by atoms with Gasteiger partial charge in [-0.15, -0.1) is 0 Å². The van der Waals surface area contributed by atoms with E-state index in [2.05, 4.69) is 68.9 Å². The van der Waals surface area contributed by atoms with Gasteiger partial charge in [0, 0.05) is 10.6 Å². The Hall–Kier alpha value is -1.81. The Morgan fingerprint density at radius 3 is 2.46 bits per heavy atom. The summed E-state index contributed by atoms with van der Waals surface area (Å²) < 4.78 is 0. The topological polar surface area (TPSA) is 41.6 Å². The maximum atomic E-state index is 4.68. The first-order chi connectivity index (χ1) is 12.4. The van der Waals surface area contributed by atoms with E-state index in [4.69, 9.17) is 0 Å². The molecule has 1 N–H and O–H groups in total. The van der Waals surface area contributed by atoms with Crippen molar-refractivity contribution < 1.29 is 0 Å². The molecule has 0 radical (unpaired) electrons. The number of hydrogen-bond acceptors (Lipinski definition) is 3. The molecule has 3 rings (SSSR count). The molecule has 0 aliphatic rings. The SMILES string of the molecule is CCCCCc1ccc(C)c(Sc2n[nH]c3nc(C)c(C)c(C)c23)c1C. The fourth-order valence-electron chi connectivity index (χ4n) is 3.48. The van der Waals surface area contributed by atoms with E-state index >= 15 is 0 Å². The first-order valence-corrected chi connectivity index (χ1v) is 10.3. The van der Waals surface area contributed by atoms with Crippen LogP contribution >= 0.6 is 11.8 Å². The normalized spacial score (nSPS) is 11.5. The second kappa shape index (κ2) is 7.83. The highest BCUT2D eigenvalue weighted by Gasteiger charge is 2.17. The molecule has 0 amide bonds. The maximum absolute atomic E-state index is 4.68. The predicted molar refractivity (Wildman–Crippen MR) is 111 cm³/mol. The summed E-state index contributed by atoms with van der Waals surface area (Å²) in [5, 5.41) is 9.92. The standard InChI is InChI=1S/C22H29N3S/c1-7-8-9-10-18-12-11-13(2)20(16(18)5)26-22-19-15(4)14(3)17(6)23-21(19)24-25-22/h11-12H,7-10H2,1-6H3,(H,23,24,25). The Morgan fingerprint density at radius 2 is 1.73 bits per heavy atom. The molecule has 0 fully saturated rings. The lowest BCUT2D eigenvalue weighted by atomic mass is 10.0. The van der Waals surface area contributed by atoms with E-state index in [1.807, 2.05) is 0 Å². The number of aromatic amines is 1. The van der Waals surface area contributed by atoms with Crippen molar-refractivity contribution in [3.8, 4) is 0 Å². The summed E-state index contributed by atoms with van der Waals surface area (Å²) in [6.07, 6.45) is 4.98. The molecule has 1 aromatic carbocycles. The van der Waals surface area contributed by atoms with E-state index in [1.54, 1.807) is 11.8 Å². The van der Waals surface area contributed by atoms with Gasteiger partial charge in [0.2, 0.25) is 0 Å². The molecule has 2 aromatic heterocycles. The molecule has 138 valence electrons. The molecule has 0 bridgehead atoms.